The number of carbonyl (C=O) groups is 1. The lowest BCUT2D eigenvalue weighted by molar-refractivity contribution is 0.0946. The second-order valence-electron chi connectivity index (χ2n) is 5.25. The average molecular weight is 354 g/mol. The summed E-state index contributed by atoms with van der Waals surface area (Å²) in [6.45, 7) is 0.884. The molecule has 2 N–H and O–H groups in total. The van der Waals surface area contributed by atoms with Gasteiger partial charge < -0.3 is 10.6 Å². The first kappa shape index (κ1) is 16.9. The standard InChI is InChI=1S/C18H16ClN5O/c19-15-4-2-1-3-14(15)12-23-18-21-10-7-16(24-18)17(25)22-11-13-5-8-20-9-6-13/h1-10H,11-12H2,(H,22,25)(H,21,23,24). The van der Waals surface area contributed by atoms with Gasteiger partial charge in [0.05, 0.1) is 0 Å². The quantitative estimate of drug-likeness (QED) is 0.712. The zero-order valence-corrected chi connectivity index (χ0v) is 14.1. The van der Waals surface area contributed by atoms with Crippen molar-refractivity contribution in [1.82, 2.24) is 20.3 Å². The molecule has 1 aromatic carbocycles. The van der Waals surface area contributed by atoms with Crippen molar-refractivity contribution in [3.8, 4) is 0 Å². The van der Waals surface area contributed by atoms with Gasteiger partial charge in [-0.2, -0.15) is 0 Å². The molecule has 0 radical (unpaired) electrons. The second-order valence-corrected chi connectivity index (χ2v) is 5.66. The van der Waals surface area contributed by atoms with Crippen molar-refractivity contribution in [1.29, 1.82) is 0 Å². The van der Waals surface area contributed by atoms with E-state index in [1.807, 2.05) is 36.4 Å². The number of nitrogens with zero attached hydrogens (tertiary/aromatic N) is 3. The van der Waals surface area contributed by atoms with Crippen molar-refractivity contribution in [2.45, 2.75) is 13.1 Å². The largest absolute Gasteiger partial charge is 0.350 e. The lowest BCUT2D eigenvalue weighted by Crippen LogP contribution is -2.24. The number of aromatic nitrogens is 3. The van der Waals surface area contributed by atoms with Crippen LogP contribution in [0.25, 0.3) is 0 Å². The predicted molar refractivity (Wildman–Crippen MR) is 96.2 cm³/mol. The average Bonchev–Trinajstić information content (AvgIpc) is 2.66. The molecule has 0 spiro atoms. The van der Waals surface area contributed by atoms with E-state index in [4.69, 9.17) is 11.6 Å². The minimum atomic E-state index is -0.264. The van der Waals surface area contributed by atoms with E-state index in [0.717, 1.165) is 11.1 Å². The molecule has 7 heteroatoms. The summed E-state index contributed by atoms with van der Waals surface area (Å²) in [5.41, 5.74) is 2.19. The van der Waals surface area contributed by atoms with Crippen LogP contribution in [-0.4, -0.2) is 20.9 Å². The number of hydrogen-bond acceptors (Lipinski definition) is 5. The summed E-state index contributed by atoms with van der Waals surface area (Å²) in [5.74, 6) is 0.108. The zero-order chi connectivity index (χ0) is 17.5. The third-order valence-corrected chi connectivity index (χ3v) is 3.85. The van der Waals surface area contributed by atoms with Crippen molar-refractivity contribution < 1.29 is 4.79 Å². The van der Waals surface area contributed by atoms with Crippen LogP contribution in [0.15, 0.2) is 61.1 Å². The van der Waals surface area contributed by atoms with E-state index in [2.05, 4.69) is 25.6 Å². The first-order chi connectivity index (χ1) is 12.2. The van der Waals surface area contributed by atoms with Gasteiger partial charge in [-0.15, -0.1) is 0 Å². The third kappa shape index (κ3) is 4.74. The monoisotopic (exact) mass is 353 g/mol. The Morgan fingerprint density at radius 3 is 2.60 bits per heavy atom. The topological polar surface area (TPSA) is 79.8 Å². The van der Waals surface area contributed by atoms with Crippen LogP contribution in [0.2, 0.25) is 5.02 Å². The van der Waals surface area contributed by atoms with Crippen LogP contribution in [0.1, 0.15) is 21.6 Å². The molecule has 0 aliphatic carbocycles. The molecule has 3 rings (SSSR count). The molecule has 2 aromatic heterocycles. The molecule has 0 saturated carbocycles. The highest BCUT2D eigenvalue weighted by Gasteiger charge is 2.09. The number of benzene rings is 1. The summed E-state index contributed by atoms with van der Waals surface area (Å²) in [7, 11) is 0. The van der Waals surface area contributed by atoms with Crippen molar-refractivity contribution in [2.75, 3.05) is 5.32 Å². The summed E-state index contributed by atoms with van der Waals surface area (Å²) in [4.78, 5) is 24.5. The van der Waals surface area contributed by atoms with Gasteiger partial charge in [-0.3, -0.25) is 9.78 Å². The van der Waals surface area contributed by atoms with E-state index >= 15 is 0 Å². The summed E-state index contributed by atoms with van der Waals surface area (Å²) in [5, 5.41) is 6.56. The van der Waals surface area contributed by atoms with Crippen molar-refractivity contribution in [3.05, 3.63) is 82.9 Å². The molecular formula is C18H16ClN5O. The fourth-order valence-electron chi connectivity index (χ4n) is 2.16. The van der Waals surface area contributed by atoms with Crippen molar-refractivity contribution in [3.63, 3.8) is 0 Å². The summed E-state index contributed by atoms with van der Waals surface area (Å²) in [6.07, 6.45) is 4.91. The molecule has 0 saturated heterocycles. The maximum atomic E-state index is 12.2. The van der Waals surface area contributed by atoms with Crippen LogP contribution in [0.5, 0.6) is 0 Å². The van der Waals surface area contributed by atoms with Crippen LogP contribution < -0.4 is 10.6 Å². The summed E-state index contributed by atoms with van der Waals surface area (Å²) >= 11 is 6.12. The van der Waals surface area contributed by atoms with Crippen LogP contribution in [0.3, 0.4) is 0 Å². The van der Waals surface area contributed by atoms with Gasteiger partial charge in [-0.25, -0.2) is 9.97 Å². The molecule has 0 fully saturated rings. The Hall–Kier alpha value is -2.99. The minimum absolute atomic E-state index is 0.264. The maximum absolute atomic E-state index is 12.2. The van der Waals surface area contributed by atoms with Gasteiger partial charge in [-0.05, 0) is 35.4 Å². The molecule has 0 atom stereocenters. The van der Waals surface area contributed by atoms with Gasteiger partial charge >= 0.3 is 0 Å². The fraction of sp³-hybridized carbons (Fsp3) is 0.111. The Balaban J connectivity index is 1.61. The summed E-state index contributed by atoms with van der Waals surface area (Å²) < 4.78 is 0. The highest BCUT2D eigenvalue weighted by Crippen LogP contribution is 2.15. The van der Waals surface area contributed by atoms with E-state index in [0.29, 0.717) is 29.8 Å². The first-order valence-electron chi connectivity index (χ1n) is 7.70. The predicted octanol–water partition coefficient (Wildman–Crippen LogP) is 3.07. The minimum Gasteiger partial charge on any atom is -0.350 e. The maximum Gasteiger partial charge on any atom is 0.270 e. The summed E-state index contributed by atoms with van der Waals surface area (Å²) in [6, 6.07) is 12.8. The fourth-order valence-corrected chi connectivity index (χ4v) is 2.36. The Labute approximate surface area is 150 Å². The molecule has 2 heterocycles. The second kappa shape index (κ2) is 8.21. The third-order valence-electron chi connectivity index (χ3n) is 3.49. The Morgan fingerprint density at radius 2 is 1.80 bits per heavy atom. The van der Waals surface area contributed by atoms with Gasteiger partial charge in [0.1, 0.15) is 5.69 Å². The number of amides is 1. The highest BCUT2D eigenvalue weighted by molar-refractivity contribution is 6.31. The molecule has 3 aromatic rings. The Kier molecular flexibility index (Phi) is 5.53. The van der Waals surface area contributed by atoms with Gasteiger partial charge in [-0.1, -0.05) is 29.8 Å². The Morgan fingerprint density at radius 1 is 1.00 bits per heavy atom. The van der Waals surface area contributed by atoms with E-state index < -0.39 is 0 Å². The van der Waals surface area contributed by atoms with Gasteiger partial charge in [0, 0.05) is 36.7 Å². The molecule has 6 nitrogen and oxygen atoms in total. The Bertz CT molecular complexity index is 857. The van der Waals surface area contributed by atoms with Crippen LogP contribution in [-0.2, 0) is 13.1 Å². The smallest absolute Gasteiger partial charge is 0.270 e. The molecule has 0 unspecified atom stereocenters. The normalized spacial score (nSPS) is 10.3. The number of halogens is 1. The molecule has 0 bridgehead atoms. The van der Waals surface area contributed by atoms with Crippen LogP contribution in [0, 0.1) is 0 Å². The molecule has 25 heavy (non-hydrogen) atoms. The number of nitrogens with one attached hydrogen (secondary N) is 2. The van der Waals surface area contributed by atoms with Crippen LogP contribution in [0.4, 0.5) is 5.95 Å². The zero-order valence-electron chi connectivity index (χ0n) is 13.3. The number of anilines is 1. The number of rotatable bonds is 6. The molecule has 1 amide bonds. The molecule has 0 aliphatic heterocycles. The SMILES string of the molecule is O=C(NCc1ccncc1)c1ccnc(NCc2ccccc2Cl)n1. The highest BCUT2D eigenvalue weighted by atomic mass is 35.5. The van der Waals surface area contributed by atoms with Gasteiger partial charge in [0.15, 0.2) is 0 Å². The van der Waals surface area contributed by atoms with E-state index in [9.17, 15) is 4.79 Å². The van der Waals surface area contributed by atoms with E-state index in [-0.39, 0.29) is 5.91 Å². The molecule has 0 aliphatic rings. The van der Waals surface area contributed by atoms with E-state index in [1.165, 1.54) is 0 Å². The number of carbonyl (C=O) groups excluding carboxylic acids is 1. The first-order valence-corrected chi connectivity index (χ1v) is 8.07. The van der Waals surface area contributed by atoms with E-state index in [1.54, 1.807) is 24.7 Å². The lowest BCUT2D eigenvalue weighted by Gasteiger charge is -2.08. The number of pyridine rings is 1. The molecule has 126 valence electrons. The van der Waals surface area contributed by atoms with Crippen LogP contribution >= 0.6 is 11.6 Å². The van der Waals surface area contributed by atoms with Crippen molar-refractivity contribution >= 4 is 23.5 Å². The lowest BCUT2D eigenvalue weighted by atomic mass is 10.2. The van der Waals surface area contributed by atoms with Gasteiger partial charge in [0.25, 0.3) is 5.91 Å². The number of hydrogen-bond donors (Lipinski definition) is 2. The van der Waals surface area contributed by atoms with Gasteiger partial charge in [0.2, 0.25) is 5.95 Å². The molecular weight excluding hydrogens is 338 g/mol. The van der Waals surface area contributed by atoms with Crippen molar-refractivity contribution in [2.24, 2.45) is 0 Å².